The van der Waals surface area contributed by atoms with E-state index in [1.165, 1.54) is 27.5 Å². The van der Waals surface area contributed by atoms with E-state index in [2.05, 4.69) is 62.5 Å². The fraction of sp³-hybridized carbons (Fsp3) is 0.250. The van der Waals surface area contributed by atoms with E-state index in [1.54, 1.807) is 0 Å². The summed E-state index contributed by atoms with van der Waals surface area (Å²) in [4.78, 5) is 0. The maximum absolute atomic E-state index is 2.29. The van der Waals surface area contributed by atoms with Crippen LogP contribution >= 0.6 is 0 Å². The Bertz CT molecular complexity index is 552. The molecule has 0 nitrogen and oxygen atoms in total. The molecular weight excluding hydrogens is 220 g/mol. The summed E-state index contributed by atoms with van der Waals surface area (Å²) in [6, 6.07) is 13.1. The van der Waals surface area contributed by atoms with Crippen molar-refractivity contribution in [3.63, 3.8) is 0 Å². The van der Waals surface area contributed by atoms with Gasteiger partial charge in [-0.05, 0) is 35.2 Å². The third-order valence-electron chi connectivity index (χ3n) is 2.93. The Kier molecular flexibility index (Phi) is 3.80. The van der Waals surface area contributed by atoms with Gasteiger partial charge in [0, 0.05) is 9.52 Å². The van der Waals surface area contributed by atoms with Gasteiger partial charge in [0.05, 0.1) is 0 Å². The SMILES string of the molecule is CC1=Cc2ccc3ccccc3c2C1.C[Si]C. The molecule has 0 spiro atoms. The molecule has 0 aliphatic heterocycles. The molecule has 0 heterocycles. The standard InChI is InChI=1S/C14H12.C2H6Si/c1-10-8-12-7-6-11-4-2-3-5-13(11)14(12)9-10;1-3-2/h2-8H,9H2,1H3;1-2H3. The smallest absolute Gasteiger partial charge is 0.0307 e. The zero-order valence-electron chi connectivity index (χ0n) is 10.7. The van der Waals surface area contributed by atoms with Crippen molar-refractivity contribution in [1.82, 2.24) is 0 Å². The summed E-state index contributed by atoms with van der Waals surface area (Å²) in [7, 11) is 1.08. The average molecular weight is 238 g/mol. The van der Waals surface area contributed by atoms with Gasteiger partial charge in [0.25, 0.3) is 0 Å². The molecule has 1 heteroatoms. The van der Waals surface area contributed by atoms with Crippen LogP contribution in [-0.4, -0.2) is 9.52 Å². The van der Waals surface area contributed by atoms with Crippen molar-refractivity contribution in [2.45, 2.75) is 26.4 Å². The van der Waals surface area contributed by atoms with E-state index in [4.69, 9.17) is 0 Å². The molecule has 0 aromatic heterocycles. The quantitative estimate of drug-likeness (QED) is 0.589. The van der Waals surface area contributed by atoms with Crippen LogP contribution in [0.1, 0.15) is 18.1 Å². The summed E-state index contributed by atoms with van der Waals surface area (Å²) in [6.07, 6.45) is 3.42. The van der Waals surface area contributed by atoms with Crippen LogP contribution in [0.15, 0.2) is 42.0 Å². The number of benzene rings is 2. The maximum atomic E-state index is 2.29. The Morgan fingerprint density at radius 1 is 1.00 bits per heavy atom. The molecule has 2 radical (unpaired) electrons. The molecular formula is C16H18Si. The van der Waals surface area contributed by atoms with Gasteiger partial charge < -0.3 is 0 Å². The molecule has 1 aliphatic rings. The molecule has 86 valence electrons. The Hall–Kier alpha value is -1.34. The Morgan fingerprint density at radius 2 is 1.71 bits per heavy atom. The lowest BCUT2D eigenvalue weighted by Crippen LogP contribution is -1.85. The molecule has 0 saturated carbocycles. The number of rotatable bonds is 0. The molecule has 0 saturated heterocycles. The highest BCUT2D eigenvalue weighted by Crippen LogP contribution is 2.31. The van der Waals surface area contributed by atoms with Crippen LogP contribution in [0.4, 0.5) is 0 Å². The van der Waals surface area contributed by atoms with E-state index >= 15 is 0 Å². The van der Waals surface area contributed by atoms with E-state index in [1.807, 2.05) is 0 Å². The lowest BCUT2D eigenvalue weighted by atomic mass is 10.0. The Labute approximate surface area is 106 Å². The van der Waals surface area contributed by atoms with Crippen molar-refractivity contribution in [3.8, 4) is 0 Å². The van der Waals surface area contributed by atoms with Gasteiger partial charge in [0.1, 0.15) is 0 Å². The molecule has 17 heavy (non-hydrogen) atoms. The second kappa shape index (κ2) is 5.33. The van der Waals surface area contributed by atoms with Crippen molar-refractivity contribution in [2.24, 2.45) is 0 Å². The van der Waals surface area contributed by atoms with Crippen LogP contribution in [0, 0.1) is 0 Å². The molecule has 0 fully saturated rings. The summed E-state index contributed by atoms with van der Waals surface area (Å²) >= 11 is 0. The third-order valence-corrected chi connectivity index (χ3v) is 2.93. The number of allylic oxidation sites excluding steroid dienone is 1. The fourth-order valence-corrected chi connectivity index (χ4v) is 2.28. The summed E-state index contributed by atoms with van der Waals surface area (Å²) in [5, 5.41) is 2.77. The van der Waals surface area contributed by atoms with Crippen molar-refractivity contribution in [3.05, 3.63) is 53.1 Å². The Balaban J connectivity index is 0.000000329. The van der Waals surface area contributed by atoms with Crippen molar-refractivity contribution in [1.29, 1.82) is 0 Å². The summed E-state index contributed by atoms with van der Waals surface area (Å²) in [5.74, 6) is 0. The normalized spacial score (nSPS) is 12.8. The van der Waals surface area contributed by atoms with E-state index in [-0.39, 0.29) is 0 Å². The molecule has 0 unspecified atom stereocenters. The predicted octanol–water partition coefficient (Wildman–Crippen LogP) is 4.59. The van der Waals surface area contributed by atoms with Crippen molar-refractivity contribution >= 4 is 26.4 Å². The molecule has 0 atom stereocenters. The van der Waals surface area contributed by atoms with Crippen LogP contribution in [0.3, 0.4) is 0 Å². The van der Waals surface area contributed by atoms with E-state index in [9.17, 15) is 0 Å². The summed E-state index contributed by atoms with van der Waals surface area (Å²) < 4.78 is 0. The van der Waals surface area contributed by atoms with Gasteiger partial charge in [0.2, 0.25) is 0 Å². The molecule has 2 aromatic carbocycles. The van der Waals surface area contributed by atoms with E-state index in [0.717, 1.165) is 15.9 Å². The van der Waals surface area contributed by atoms with Crippen LogP contribution in [0.25, 0.3) is 16.8 Å². The molecule has 0 N–H and O–H groups in total. The number of fused-ring (bicyclic) bond motifs is 3. The highest BCUT2D eigenvalue weighted by atomic mass is 28.2. The van der Waals surface area contributed by atoms with Crippen LogP contribution in [0.5, 0.6) is 0 Å². The molecule has 0 amide bonds. The second-order valence-corrected chi connectivity index (χ2v) is 5.52. The van der Waals surface area contributed by atoms with Gasteiger partial charge in [-0.15, -0.1) is 0 Å². The van der Waals surface area contributed by atoms with Crippen LogP contribution in [-0.2, 0) is 6.42 Å². The van der Waals surface area contributed by atoms with Gasteiger partial charge in [0.15, 0.2) is 0 Å². The van der Waals surface area contributed by atoms with E-state index < -0.39 is 0 Å². The highest BCUT2D eigenvalue weighted by molar-refractivity contribution is 6.31. The average Bonchev–Trinajstić information content (AvgIpc) is 2.71. The van der Waals surface area contributed by atoms with Gasteiger partial charge in [-0.1, -0.05) is 61.1 Å². The summed E-state index contributed by atoms with van der Waals surface area (Å²) in [6.45, 7) is 6.51. The minimum absolute atomic E-state index is 1.08. The first kappa shape index (κ1) is 12.1. The lowest BCUT2D eigenvalue weighted by Gasteiger charge is -2.04. The highest BCUT2D eigenvalue weighted by Gasteiger charge is 2.11. The van der Waals surface area contributed by atoms with Crippen molar-refractivity contribution < 1.29 is 0 Å². The molecule has 2 aromatic rings. The first-order valence-electron chi connectivity index (χ1n) is 6.02. The molecule has 1 aliphatic carbocycles. The van der Waals surface area contributed by atoms with E-state index in [0.29, 0.717) is 0 Å². The lowest BCUT2D eigenvalue weighted by molar-refractivity contribution is 1.21. The van der Waals surface area contributed by atoms with Crippen molar-refractivity contribution in [2.75, 3.05) is 0 Å². The minimum atomic E-state index is 1.08. The zero-order valence-corrected chi connectivity index (χ0v) is 11.7. The second-order valence-electron chi connectivity index (χ2n) is 4.52. The predicted molar refractivity (Wildman–Crippen MR) is 78.8 cm³/mol. The fourth-order valence-electron chi connectivity index (χ4n) is 2.28. The summed E-state index contributed by atoms with van der Waals surface area (Å²) in [5.41, 5.74) is 4.37. The van der Waals surface area contributed by atoms with Crippen LogP contribution < -0.4 is 0 Å². The zero-order chi connectivity index (χ0) is 12.3. The minimum Gasteiger partial charge on any atom is -0.0735 e. The van der Waals surface area contributed by atoms with Gasteiger partial charge in [-0.3, -0.25) is 0 Å². The topological polar surface area (TPSA) is 0 Å². The molecule has 3 rings (SSSR count). The van der Waals surface area contributed by atoms with Crippen LogP contribution in [0.2, 0.25) is 13.1 Å². The van der Waals surface area contributed by atoms with Gasteiger partial charge >= 0.3 is 0 Å². The maximum Gasteiger partial charge on any atom is 0.0307 e. The Morgan fingerprint density at radius 3 is 2.47 bits per heavy atom. The first-order valence-corrected chi connectivity index (χ1v) is 8.02. The first-order chi connectivity index (χ1) is 8.26. The third kappa shape index (κ3) is 2.50. The van der Waals surface area contributed by atoms with Gasteiger partial charge in [-0.25, -0.2) is 0 Å². The monoisotopic (exact) mass is 238 g/mol. The molecule has 0 bridgehead atoms. The number of hydrogen-bond acceptors (Lipinski definition) is 0. The number of hydrogen-bond donors (Lipinski definition) is 0. The van der Waals surface area contributed by atoms with Gasteiger partial charge in [-0.2, -0.15) is 0 Å². The largest absolute Gasteiger partial charge is 0.0735 e.